The van der Waals surface area contributed by atoms with Gasteiger partial charge < -0.3 is 4.74 Å². The molecule has 0 aliphatic carbocycles. The van der Waals surface area contributed by atoms with Crippen LogP contribution in [0.25, 0.3) is 10.1 Å². The highest BCUT2D eigenvalue weighted by molar-refractivity contribution is 7.21. The van der Waals surface area contributed by atoms with E-state index in [1.165, 1.54) is 18.4 Å². The average molecular weight is 304 g/mol. The second kappa shape index (κ2) is 5.26. The lowest BCUT2D eigenvalue weighted by Crippen LogP contribution is -2.06. The van der Waals surface area contributed by atoms with Crippen molar-refractivity contribution in [2.45, 2.75) is 0 Å². The minimum absolute atomic E-state index is 0.0397. The highest BCUT2D eigenvalue weighted by atomic mass is 32.1. The van der Waals surface area contributed by atoms with Crippen LogP contribution in [-0.4, -0.2) is 12.9 Å². The average Bonchev–Trinajstić information content (AvgIpc) is 2.90. The molecular weight excluding hydrogens is 294 g/mol. The Labute approximate surface area is 123 Å². The van der Waals surface area contributed by atoms with Crippen LogP contribution in [0, 0.1) is 11.6 Å². The second-order valence-electron chi connectivity index (χ2n) is 4.44. The summed E-state index contributed by atoms with van der Waals surface area (Å²) in [5, 5.41) is 0.875. The third kappa shape index (κ3) is 2.40. The van der Waals surface area contributed by atoms with Gasteiger partial charge in [0.05, 0.1) is 17.6 Å². The van der Waals surface area contributed by atoms with Crippen LogP contribution in [0.4, 0.5) is 8.78 Å². The molecule has 0 unspecified atom stereocenters. The first-order valence-corrected chi connectivity index (χ1v) is 6.98. The van der Waals surface area contributed by atoms with Crippen LogP contribution in [0.1, 0.15) is 15.2 Å². The van der Waals surface area contributed by atoms with Gasteiger partial charge in [-0.25, -0.2) is 8.78 Å². The molecule has 1 heterocycles. The van der Waals surface area contributed by atoms with E-state index in [0.29, 0.717) is 4.88 Å². The Hall–Kier alpha value is -2.27. The van der Waals surface area contributed by atoms with E-state index in [1.807, 2.05) is 24.3 Å². The van der Waals surface area contributed by atoms with E-state index in [9.17, 15) is 13.6 Å². The van der Waals surface area contributed by atoms with Gasteiger partial charge in [-0.2, -0.15) is 0 Å². The number of benzene rings is 2. The van der Waals surface area contributed by atoms with E-state index in [-0.39, 0.29) is 5.75 Å². The molecule has 0 spiro atoms. The summed E-state index contributed by atoms with van der Waals surface area (Å²) in [5.74, 6) is -2.46. The van der Waals surface area contributed by atoms with Gasteiger partial charge in [-0.15, -0.1) is 11.3 Å². The summed E-state index contributed by atoms with van der Waals surface area (Å²) >= 11 is 1.21. The fourth-order valence-electron chi connectivity index (χ4n) is 2.10. The van der Waals surface area contributed by atoms with Crippen molar-refractivity contribution >= 4 is 27.2 Å². The number of ketones is 1. The van der Waals surface area contributed by atoms with Gasteiger partial charge in [-0.1, -0.05) is 18.2 Å². The predicted molar refractivity (Wildman–Crippen MR) is 78.2 cm³/mol. The molecule has 1 aromatic heterocycles. The Kier molecular flexibility index (Phi) is 3.43. The quantitative estimate of drug-likeness (QED) is 0.670. The molecular formula is C16H10F2O2S. The zero-order chi connectivity index (χ0) is 15.0. The van der Waals surface area contributed by atoms with E-state index >= 15 is 0 Å². The molecule has 106 valence electrons. The third-order valence-electron chi connectivity index (χ3n) is 3.13. The number of hydrogen-bond donors (Lipinski definition) is 0. The lowest BCUT2D eigenvalue weighted by molar-refractivity contribution is 0.103. The number of rotatable bonds is 3. The Balaban J connectivity index is 2.09. The number of carbonyl (C=O) groups is 1. The van der Waals surface area contributed by atoms with Crippen molar-refractivity contribution in [3.8, 4) is 5.75 Å². The molecule has 5 heteroatoms. The van der Waals surface area contributed by atoms with Crippen molar-refractivity contribution in [3.05, 3.63) is 64.5 Å². The number of carbonyl (C=O) groups excluding carboxylic acids is 1. The third-order valence-corrected chi connectivity index (χ3v) is 4.24. The summed E-state index contributed by atoms with van der Waals surface area (Å²) in [6.45, 7) is 0. The smallest absolute Gasteiger partial charge is 0.208 e. The van der Waals surface area contributed by atoms with E-state index in [4.69, 9.17) is 4.74 Å². The van der Waals surface area contributed by atoms with Crippen molar-refractivity contribution < 1.29 is 18.3 Å². The van der Waals surface area contributed by atoms with Gasteiger partial charge in [0.2, 0.25) is 5.78 Å². The van der Waals surface area contributed by atoms with Crippen LogP contribution < -0.4 is 4.74 Å². The Morgan fingerprint density at radius 3 is 2.38 bits per heavy atom. The topological polar surface area (TPSA) is 26.3 Å². The number of hydrogen-bond acceptors (Lipinski definition) is 3. The van der Waals surface area contributed by atoms with Crippen molar-refractivity contribution in [1.82, 2.24) is 0 Å². The van der Waals surface area contributed by atoms with E-state index in [0.717, 1.165) is 22.2 Å². The molecule has 3 aromatic rings. The SMILES string of the molecule is COc1cc(F)c(C(=O)c2cc3ccccc3s2)c(F)c1. The Bertz CT molecular complexity index is 783. The molecule has 0 saturated heterocycles. The minimum Gasteiger partial charge on any atom is -0.497 e. The lowest BCUT2D eigenvalue weighted by atomic mass is 10.1. The predicted octanol–water partition coefficient (Wildman–Crippen LogP) is 4.42. The fourth-order valence-corrected chi connectivity index (χ4v) is 3.11. The Morgan fingerprint density at radius 2 is 1.76 bits per heavy atom. The van der Waals surface area contributed by atoms with Crippen LogP contribution in [0.3, 0.4) is 0 Å². The van der Waals surface area contributed by atoms with Crippen LogP contribution in [0.5, 0.6) is 5.75 Å². The number of methoxy groups -OCH3 is 1. The van der Waals surface area contributed by atoms with Gasteiger partial charge in [0, 0.05) is 16.8 Å². The van der Waals surface area contributed by atoms with Gasteiger partial charge in [0.15, 0.2) is 0 Å². The number of thiophene rings is 1. The molecule has 0 aliphatic heterocycles. The zero-order valence-electron chi connectivity index (χ0n) is 11.0. The molecule has 2 nitrogen and oxygen atoms in total. The molecule has 3 rings (SSSR count). The van der Waals surface area contributed by atoms with Crippen molar-refractivity contribution in [3.63, 3.8) is 0 Å². The number of fused-ring (bicyclic) bond motifs is 1. The maximum atomic E-state index is 14.0. The summed E-state index contributed by atoms with van der Waals surface area (Å²) in [7, 11) is 1.31. The maximum Gasteiger partial charge on any atom is 0.208 e. The first-order valence-electron chi connectivity index (χ1n) is 6.16. The molecule has 2 aromatic carbocycles. The number of halogens is 2. The first-order chi connectivity index (χ1) is 10.1. The molecule has 0 saturated carbocycles. The van der Waals surface area contributed by atoms with Gasteiger partial charge in [-0.05, 0) is 17.5 Å². The molecule has 0 aliphatic rings. The summed E-state index contributed by atoms with van der Waals surface area (Å²) in [4.78, 5) is 12.7. The summed E-state index contributed by atoms with van der Waals surface area (Å²) in [5.41, 5.74) is -0.553. The van der Waals surface area contributed by atoms with Crippen LogP contribution >= 0.6 is 11.3 Å². The van der Waals surface area contributed by atoms with Crippen molar-refractivity contribution in [1.29, 1.82) is 0 Å². The zero-order valence-corrected chi connectivity index (χ0v) is 11.8. The van der Waals surface area contributed by atoms with Gasteiger partial charge >= 0.3 is 0 Å². The van der Waals surface area contributed by atoms with Crippen LogP contribution in [0.15, 0.2) is 42.5 Å². The molecule has 0 atom stereocenters. The summed E-state index contributed by atoms with van der Waals surface area (Å²) in [6, 6.07) is 11.1. The molecule has 21 heavy (non-hydrogen) atoms. The first kappa shape index (κ1) is 13.7. The summed E-state index contributed by atoms with van der Waals surface area (Å²) in [6.07, 6.45) is 0. The monoisotopic (exact) mass is 304 g/mol. The Morgan fingerprint density at radius 1 is 1.10 bits per heavy atom. The van der Waals surface area contributed by atoms with Gasteiger partial charge in [-0.3, -0.25) is 4.79 Å². The van der Waals surface area contributed by atoms with E-state index in [1.54, 1.807) is 6.07 Å². The lowest BCUT2D eigenvalue weighted by Gasteiger charge is -2.05. The van der Waals surface area contributed by atoms with Crippen LogP contribution in [-0.2, 0) is 0 Å². The van der Waals surface area contributed by atoms with E-state index < -0.39 is 23.0 Å². The number of ether oxygens (including phenoxy) is 1. The molecule has 0 bridgehead atoms. The van der Waals surface area contributed by atoms with Crippen molar-refractivity contribution in [2.75, 3.05) is 7.11 Å². The largest absolute Gasteiger partial charge is 0.497 e. The summed E-state index contributed by atoms with van der Waals surface area (Å²) < 4.78 is 33.6. The minimum atomic E-state index is -0.922. The van der Waals surface area contributed by atoms with Crippen LogP contribution in [0.2, 0.25) is 0 Å². The van der Waals surface area contributed by atoms with E-state index in [2.05, 4.69) is 0 Å². The molecule has 0 N–H and O–H groups in total. The fraction of sp³-hybridized carbons (Fsp3) is 0.0625. The molecule has 0 radical (unpaired) electrons. The van der Waals surface area contributed by atoms with Gasteiger partial charge in [0.1, 0.15) is 17.4 Å². The highest BCUT2D eigenvalue weighted by Gasteiger charge is 2.22. The van der Waals surface area contributed by atoms with Gasteiger partial charge in [0.25, 0.3) is 0 Å². The highest BCUT2D eigenvalue weighted by Crippen LogP contribution is 2.29. The molecule has 0 amide bonds. The second-order valence-corrected chi connectivity index (χ2v) is 5.53. The maximum absolute atomic E-state index is 14.0. The normalized spacial score (nSPS) is 10.8. The standard InChI is InChI=1S/C16H10F2O2S/c1-20-10-7-11(17)15(12(18)8-10)16(19)14-6-9-4-2-3-5-13(9)21-14/h2-8H,1H3. The van der Waals surface area contributed by atoms with Crippen molar-refractivity contribution in [2.24, 2.45) is 0 Å². The molecule has 0 fully saturated rings.